The van der Waals surface area contributed by atoms with Gasteiger partial charge in [0.05, 0.1) is 5.75 Å². The Balaban J connectivity index is 1.68. The highest BCUT2D eigenvalue weighted by molar-refractivity contribution is 9.10. The zero-order chi connectivity index (χ0) is 16.2. The highest BCUT2D eigenvalue weighted by Crippen LogP contribution is 2.23. The lowest BCUT2D eigenvalue weighted by atomic mass is 10.0. The lowest BCUT2D eigenvalue weighted by Gasteiger charge is -2.04. The second-order valence-electron chi connectivity index (χ2n) is 4.88. The number of aryl methyl sites for hydroxylation is 1. The molecule has 5 nitrogen and oxygen atoms in total. The number of carbonyl (C=O) groups is 1. The van der Waals surface area contributed by atoms with E-state index in [1.165, 1.54) is 11.8 Å². The Morgan fingerprint density at radius 3 is 2.26 bits per heavy atom. The molecule has 0 bridgehead atoms. The summed E-state index contributed by atoms with van der Waals surface area (Å²) in [4.78, 5) is 12.2. The molecule has 0 N–H and O–H groups in total. The smallest absolute Gasteiger partial charge is 0.209 e. The van der Waals surface area contributed by atoms with Crippen LogP contribution < -0.4 is 0 Å². The third-order valence-corrected chi connectivity index (χ3v) is 4.84. The highest BCUT2D eigenvalue weighted by Gasteiger charge is 2.10. The summed E-state index contributed by atoms with van der Waals surface area (Å²) in [7, 11) is 1.75. The molecule has 0 saturated heterocycles. The fraction of sp³-hybridized carbons (Fsp3) is 0.125. The Bertz CT molecular complexity index is 815. The van der Waals surface area contributed by atoms with E-state index in [2.05, 4.69) is 31.5 Å². The minimum absolute atomic E-state index is 0.0559. The van der Waals surface area contributed by atoms with Crippen molar-refractivity contribution in [3.8, 4) is 11.1 Å². The van der Waals surface area contributed by atoms with Crippen LogP contribution in [0.5, 0.6) is 0 Å². The Morgan fingerprint density at radius 1 is 1.09 bits per heavy atom. The lowest BCUT2D eigenvalue weighted by Crippen LogP contribution is -2.03. The van der Waals surface area contributed by atoms with E-state index in [-0.39, 0.29) is 5.78 Å². The van der Waals surface area contributed by atoms with Gasteiger partial charge >= 0.3 is 0 Å². The van der Waals surface area contributed by atoms with Gasteiger partial charge in [0, 0.05) is 17.1 Å². The average Bonchev–Trinajstić information content (AvgIpc) is 2.99. The van der Waals surface area contributed by atoms with Gasteiger partial charge < -0.3 is 0 Å². The minimum Gasteiger partial charge on any atom is -0.293 e. The molecule has 0 aliphatic carbocycles. The summed E-state index contributed by atoms with van der Waals surface area (Å²) in [5.41, 5.74) is 2.89. The molecule has 0 aliphatic heterocycles. The maximum absolute atomic E-state index is 12.2. The van der Waals surface area contributed by atoms with Crippen molar-refractivity contribution in [3.63, 3.8) is 0 Å². The highest BCUT2D eigenvalue weighted by atomic mass is 79.9. The summed E-state index contributed by atoms with van der Waals surface area (Å²) in [5, 5.41) is 11.8. The predicted octanol–water partition coefficient (Wildman–Crippen LogP) is 3.61. The standard InChI is InChI=1S/C16H13BrN4OS/c1-21-16(18-19-20-21)23-10-15(22)13-4-2-11(3-5-13)12-6-8-14(17)9-7-12/h2-9H,10H2,1H3. The number of halogens is 1. The Kier molecular flexibility index (Phi) is 4.88. The molecule has 0 fully saturated rings. The molecular formula is C16H13BrN4OS. The molecule has 116 valence electrons. The number of Topliss-reactive ketones (excluding diaryl/α,β-unsaturated/α-hetero) is 1. The lowest BCUT2D eigenvalue weighted by molar-refractivity contribution is 0.102. The van der Waals surface area contributed by atoms with E-state index in [1.54, 1.807) is 11.7 Å². The van der Waals surface area contributed by atoms with Crippen LogP contribution in [0.2, 0.25) is 0 Å². The average molecular weight is 389 g/mol. The number of rotatable bonds is 5. The zero-order valence-corrected chi connectivity index (χ0v) is 14.7. The molecule has 1 heterocycles. The number of hydrogen-bond donors (Lipinski definition) is 0. The van der Waals surface area contributed by atoms with Gasteiger partial charge in [-0.3, -0.25) is 4.79 Å². The van der Waals surface area contributed by atoms with Gasteiger partial charge in [-0.15, -0.1) is 5.10 Å². The monoisotopic (exact) mass is 388 g/mol. The SMILES string of the molecule is Cn1nnnc1SCC(=O)c1ccc(-c2ccc(Br)cc2)cc1. The summed E-state index contributed by atoms with van der Waals surface area (Å²) < 4.78 is 2.59. The summed E-state index contributed by atoms with van der Waals surface area (Å²) in [6.07, 6.45) is 0. The molecule has 0 spiro atoms. The zero-order valence-electron chi connectivity index (χ0n) is 12.3. The van der Waals surface area contributed by atoms with Crippen molar-refractivity contribution in [2.24, 2.45) is 7.05 Å². The van der Waals surface area contributed by atoms with E-state index in [0.717, 1.165) is 15.6 Å². The Labute approximate surface area is 146 Å². The van der Waals surface area contributed by atoms with Gasteiger partial charge in [0.2, 0.25) is 5.16 Å². The Morgan fingerprint density at radius 2 is 1.70 bits per heavy atom. The number of thioether (sulfide) groups is 1. The normalized spacial score (nSPS) is 10.7. The summed E-state index contributed by atoms with van der Waals surface area (Å²) >= 11 is 4.76. The van der Waals surface area contributed by atoms with E-state index in [9.17, 15) is 4.79 Å². The molecule has 0 unspecified atom stereocenters. The minimum atomic E-state index is 0.0559. The van der Waals surface area contributed by atoms with Gasteiger partial charge in [-0.2, -0.15) is 0 Å². The molecule has 0 radical (unpaired) electrons. The number of nitrogens with zero attached hydrogens (tertiary/aromatic N) is 4. The maximum Gasteiger partial charge on any atom is 0.209 e. The molecule has 1 aromatic heterocycles. The first kappa shape index (κ1) is 15.9. The number of ketones is 1. The van der Waals surface area contributed by atoms with Crippen molar-refractivity contribution in [2.75, 3.05) is 5.75 Å². The molecule has 0 aliphatic rings. The molecule has 3 rings (SSSR count). The predicted molar refractivity (Wildman–Crippen MR) is 93.4 cm³/mol. The fourth-order valence-corrected chi connectivity index (χ4v) is 3.06. The van der Waals surface area contributed by atoms with E-state index in [0.29, 0.717) is 16.5 Å². The molecule has 0 atom stereocenters. The van der Waals surface area contributed by atoms with Gasteiger partial charge in [-0.1, -0.05) is 64.1 Å². The first-order valence-corrected chi connectivity index (χ1v) is 8.66. The maximum atomic E-state index is 12.2. The van der Waals surface area contributed by atoms with Crippen LogP contribution >= 0.6 is 27.7 Å². The molecule has 7 heteroatoms. The van der Waals surface area contributed by atoms with Crippen LogP contribution in [0.3, 0.4) is 0 Å². The molecule has 0 saturated carbocycles. The second-order valence-corrected chi connectivity index (χ2v) is 6.74. The second kappa shape index (κ2) is 7.06. The third-order valence-electron chi connectivity index (χ3n) is 3.30. The van der Waals surface area contributed by atoms with Gasteiger partial charge in [0.15, 0.2) is 5.78 Å². The van der Waals surface area contributed by atoms with Gasteiger partial charge in [-0.25, -0.2) is 4.68 Å². The topological polar surface area (TPSA) is 60.7 Å². The van der Waals surface area contributed by atoms with Crippen LogP contribution in [0.15, 0.2) is 58.2 Å². The quantitative estimate of drug-likeness (QED) is 0.493. The van der Waals surface area contributed by atoms with Crippen LogP contribution in [-0.4, -0.2) is 31.7 Å². The van der Waals surface area contributed by atoms with Crippen molar-refractivity contribution in [1.82, 2.24) is 20.2 Å². The third kappa shape index (κ3) is 3.86. The largest absolute Gasteiger partial charge is 0.293 e. The summed E-state index contributed by atoms with van der Waals surface area (Å²) in [6.45, 7) is 0. The van der Waals surface area contributed by atoms with E-state index >= 15 is 0 Å². The van der Waals surface area contributed by atoms with Gasteiger partial charge in [-0.05, 0) is 33.7 Å². The number of tetrazole rings is 1. The van der Waals surface area contributed by atoms with Crippen molar-refractivity contribution in [1.29, 1.82) is 0 Å². The fourth-order valence-electron chi connectivity index (χ4n) is 2.05. The van der Waals surface area contributed by atoms with Crippen LogP contribution in [0, 0.1) is 0 Å². The summed E-state index contributed by atoms with van der Waals surface area (Å²) in [6, 6.07) is 15.7. The molecule has 0 amide bonds. The Hall–Kier alpha value is -1.99. The summed E-state index contributed by atoms with van der Waals surface area (Å²) in [5.74, 6) is 0.367. The van der Waals surface area contributed by atoms with Crippen LogP contribution in [0.1, 0.15) is 10.4 Å². The van der Waals surface area contributed by atoms with Crippen LogP contribution in [-0.2, 0) is 7.05 Å². The van der Waals surface area contributed by atoms with Crippen molar-refractivity contribution >= 4 is 33.5 Å². The number of benzene rings is 2. The van der Waals surface area contributed by atoms with Gasteiger partial charge in [0.1, 0.15) is 0 Å². The first-order valence-electron chi connectivity index (χ1n) is 6.88. The first-order chi connectivity index (χ1) is 11.1. The van der Waals surface area contributed by atoms with Crippen LogP contribution in [0.25, 0.3) is 11.1 Å². The molecule has 3 aromatic rings. The molecular weight excluding hydrogens is 376 g/mol. The van der Waals surface area contributed by atoms with Crippen molar-refractivity contribution in [3.05, 3.63) is 58.6 Å². The number of carbonyl (C=O) groups excluding carboxylic acids is 1. The molecule has 2 aromatic carbocycles. The van der Waals surface area contributed by atoms with Crippen molar-refractivity contribution < 1.29 is 4.79 Å². The van der Waals surface area contributed by atoms with E-state index < -0.39 is 0 Å². The number of hydrogen-bond acceptors (Lipinski definition) is 5. The van der Waals surface area contributed by atoms with Crippen LogP contribution in [0.4, 0.5) is 0 Å². The van der Waals surface area contributed by atoms with E-state index in [1.807, 2.05) is 48.5 Å². The molecule has 23 heavy (non-hydrogen) atoms. The van der Waals surface area contributed by atoms with E-state index in [4.69, 9.17) is 0 Å². The van der Waals surface area contributed by atoms with Gasteiger partial charge in [0.25, 0.3) is 0 Å². The van der Waals surface area contributed by atoms with Crippen molar-refractivity contribution in [2.45, 2.75) is 5.16 Å². The number of aromatic nitrogens is 4.